The quantitative estimate of drug-likeness (QED) is 0.835. The summed E-state index contributed by atoms with van der Waals surface area (Å²) in [4.78, 5) is 15.3. The highest BCUT2D eigenvalue weighted by Crippen LogP contribution is 2.36. The van der Waals surface area contributed by atoms with Gasteiger partial charge in [-0.05, 0) is 40.2 Å². The highest BCUT2D eigenvalue weighted by Gasteiger charge is 2.30. The molecule has 1 aliphatic heterocycles. The lowest BCUT2D eigenvalue weighted by molar-refractivity contribution is 0.0929. The van der Waals surface area contributed by atoms with Crippen LogP contribution in [0, 0.1) is 0 Å². The molecule has 0 saturated heterocycles. The second kappa shape index (κ2) is 4.81. The van der Waals surface area contributed by atoms with E-state index in [1.807, 2.05) is 29.5 Å². The van der Waals surface area contributed by atoms with Gasteiger partial charge in [0.2, 0.25) is 0 Å². The van der Waals surface area contributed by atoms with E-state index in [1.165, 1.54) is 0 Å². The maximum atomic E-state index is 12.2. The monoisotopic (exact) mass is 356 g/mol. The fourth-order valence-electron chi connectivity index (χ4n) is 2.17. The number of carbonyl (C=O) groups is 1. The van der Waals surface area contributed by atoms with Gasteiger partial charge >= 0.3 is 0 Å². The average Bonchev–Trinajstić information content (AvgIpc) is 2.80. The molecule has 0 bridgehead atoms. The Balaban J connectivity index is 2.05. The smallest absolute Gasteiger partial charge is 0.255 e. The second-order valence-corrected chi connectivity index (χ2v) is 6.61. The van der Waals surface area contributed by atoms with Crippen molar-refractivity contribution < 1.29 is 4.79 Å². The number of halogens is 2. The average molecular weight is 358 g/mol. The summed E-state index contributed by atoms with van der Waals surface area (Å²) in [6, 6.07) is 7.40. The van der Waals surface area contributed by atoms with Crippen molar-refractivity contribution in [1.82, 2.24) is 5.32 Å². The van der Waals surface area contributed by atoms with Gasteiger partial charge in [-0.15, -0.1) is 11.3 Å². The number of anilines is 1. The maximum absolute atomic E-state index is 12.2. The Morgan fingerprint density at radius 3 is 2.89 bits per heavy atom. The zero-order valence-corrected chi connectivity index (χ0v) is 13.1. The van der Waals surface area contributed by atoms with Crippen LogP contribution in [0.1, 0.15) is 21.4 Å². The van der Waals surface area contributed by atoms with Gasteiger partial charge in [-0.2, -0.15) is 0 Å². The summed E-state index contributed by atoms with van der Waals surface area (Å²) in [6.45, 7) is 0. The van der Waals surface area contributed by atoms with Gasteiger partial charge in [-0.3, -0.25) is 4.79 Å². The van der Waals surface area contributed by atoms with Crippen molar-refractivity contribution in [2.45, 2.75) is 6.17 Å². The lowest BCUT2D eigenvalue weighted by atomic mass is 10.1. The van der Waals surface area contributed by atoms with E-state index in [1.54, 1.807) is 23.5 Å². The summed E-state index contributed by atoms with van der Waals surface area (Å²) in [5.41, 5.74) is 1.50. The fraction of sp³-hybridized carbons (Fsp3) is 0.154. The Morgan fingerprint density at radius 1 is 1.42 bits per heavy atom. The van der Waals surface area contributed by atoms with Crippen molar-refractivity contribution in [2.24, 2.45) is 0 Å². The molecule has 1 atom stereocenters. The molecule has 0 unspecified atom stereocenters. The first kappa shape index (κ1) is 13.0. The molecule has 1 N–H and O–H groups in total. The van der Waals surface area contributed by atoms with Gasteiger partial charge in [0.1, 0.15) is 6.17 Å². The van der Waals surface area contributed by atoms with E-state index < -0.39 is 0 Å². The Hall–Kier alpha value is -1.04. The third kappa shape index (κ3) is 2.26. The van der Waals surface area contributed by atoms with Crippen LogP contribution in [0.25, 0.3) is 0 Å². The standard InChI is InChI=1S/C13H10BrClN2OS/c1-17-10-3-2-8(15)5-9(10)13(18)16-12(17)11-4-7(14)6-19-11/h2-6,12H,1H3,(H,16,18)/t12-/m1/s1. The molecule has 1 aliphatic rings. The van der Waals surface area contributed by atoms with Gasteiger partial charge in [0.15, 0.2) is 0 Å². The first-order valence-corrected chi connectivity index (χ1v) is 7.68. The third-order valence-electron chi connectivity index (χ3n) is 3.10. The number of rotatable bonds is 1. The van der Waals surface area contributed by atoms with Gasteiger partial charge in [0.05, 0.1) is 11.3 Å². The van der Waals surface area contributed by atoms with E-state index in [-0.39, 0.29) is 12.1 Å². The van der Waals surface area contributed by atoms with Crippen LogP contribution in [0.3, 0.4) is 0 Å². The minimum atomic E-state index is -0.141. The molecule has 0 aliphatic carbocycles. The first-order valence-electron chi connectivity index (χ1n) is 5.63. The summed E-state index contributed by atoms with van der Waals surface area (Å²) < 4.78 is 1.03. The predicted octanol–water partition coefficient (Wildman–Crippen LogP) is 4.04. The largest absolute Gasteiger partial charge is 0.349 e. The van der Waals surface area contributed by atoms with Gasteiger partial charge in [0, 0.05) is 26.8 Å². The molecular formula is C13H10BrClN2OS. The highest BCUT2D eigenvalue weighted by molar-refractivity contribution is 9.10. The lowest BCUT2D eigenvalue weighted by Crippen LogP contribution is -2.44. The van der Waals surface area contributed by atoms with Crippen LogP contribution in [0.15, 0.2) is 34.1 Å². The molecule has 1 aromatic heterocycles. The van der Waals surface area contributed by atoms with E-state index >= 15 is 0 Å². The van der Waals surface area contributed by atoms with Gasteiger partial charge < -0.3 is 10.2 Å². The number of hydrogen-bond acceptors (Lipinski definition) is 3. The molecule has 0 spiro atoms. The minimum Gasteiger partial charge on any atom is -0.349 e. The zero-order valence-electron chi connectivity index (χ0n) is 9.98. The Kier molecular flexibility index (Phi) is 3.28. The Bertz CT molecular complexity index is 658. The zero-order chi connectivity index (χ0) is 13.6. The highest BCUT2D eigenvalue weighted by atomic mass is 79.9. The molecule has 2 aromatic rings. The normalized spacial score (nSPS) is 18.2. The van der Waals surface area contributed by atoms with Crippen molar-refractivity contribution in [3.63, 3.8) is 0 Å². The van der Waals surface area contributed by atoms with E-state index in [4.69, 9.17) is 11.6 Å². The van der Waals surface area contributed by atoms with Crippen LogP contribution in [0.4, 0.5) is 5.69 Å². The SMILES string of the molecule is CN1c2ccc(Cl)cc2C(=O)N[C@H]1c1cc(Br)cs1. The number of benzene rings is 1. The van der Waals surface area contributed by atoms with Crippen LogP contribution < -0.4 is 10.2 Å². The number of nitrogens with zero attached hydrogens (tertiary/aromatic N) is 1. The Morgan fingerprint density at radius 2 is 2.21 bits per heavy atom. The molecule has 2 heterocycles. The second-order valence-electron chi connectivity index (χ2n) is 4.32. The van der Waals surface area contributed by atoms with Crippen LogP contribution in [-0.4, -0.2) is 13.0 Å². The van der Waals surface area contributed by atoms with Gasteiger partial charge in [0.25, 0.3) is 5.91 Å². The summed E-state index contributed by atoms with van der Waals surface area (Å²) in [5.74, 6) is -0.0925. The summed E-state index contributed by atoms with van der Waals surface area (Å²) in [6.07, 6.45) is -0.141. The topological polar surface area (TPSA) is 32.3 Å². The fourth-order valence-corrected chi connectivity index (χ4v) is 3.88. The molecule has 1 aromatic carbocycles. The molecule has 1 amide bonds. The summed E-state index contributed by atoms with van der Waals surface area (Å²) >= 11 is 11.0. The number of carbonyl (C=O) groups excluding carboxylic acids is 1. The van der Waals surface area contributed by atoms with Crippen molar-refractivity contribution in [1.29, 1.82) is 0 Å². The van der Waals surface area contributed by atoms with Crippen LogP contribution in [-0.2, 0) is 0 Å². The molecule has 3 nitrogen and oxygen atoms in total. The molecule has 0 saturated carbocycles. The number of nitrogens with one attached hydrogen (secondary N) is 1. The summed E-state index contributed by atoms with van der Waals surface area (Å²) in [7, 11) is 1.96. The molecular weight excluding hydrogens is 348 g/mol. The minimum absolute atomic E-state index is 0.0925. The van der Waals surface area contributed by atoms with Crippen LogP contribution in [0.2, 0.25) is 5.02 Å². The number of amides is 1. The van der Waals surface area contributed by atoms with Crippen molar-refractivity contribution >= 4 is 50.5 Å². The molecule has 3 rings (SSSR count). The van der Waals surface area contributed by atoms with Crippen molar-refractivity contribution in [3.05, 3.63) is 49.6 Å². The van der Waals surface area contributed by atoms with E-state index in [0.29, 0.717) is 10.6 Å². The van der Waals surface area contributed by atoms with E-state index in [9.17, 15) is 4.79 Å². The van der Waals surface area contributed by atoms with Crippen LogP contribution >= 0.6 is 38.9 Å². The van der Waals surface area contributed by atoms with Crippen LogP contribution in [0.5, 0.6) is 0 Å². The molecule has 0 radical (unpaired) electrons. The number of hydrogen-bond donors (Lipinski definition) is 1. The van der Waals surface area contributed by atoms with Gasteiger partial charge in [-0.25, -0.2) is 0 Å². The van der Waals surface area contributed by atoms with E-state index in [2.05, 4.69) is 21.2 Å². The lowest BCUT2D eigenvalue weighted by Gasteiger charge is -2.35. The number of fused-ring (bicyclic) bond motifs is 1. The first-order chi connectivity index (χ1) is 9.06. The van der Waals surface area contributed by atoms with E-state index in [0.717, 1.165) is 15.0 Å². The molecule has 6 heteroatoms. The third-order valence-corrected chi connectivity index (χ3v) is 5.08. The van der Waals surface area contributed by atoms with Crippen molar-refractivity contribution in [3.8, 4) is 0 Å². The predicted molar refractivity (Wildman–Crippen MR) is 82.1 cm³/mol. The molecule has 98 valence electrons. The number of thiophene rings is 1. The Labute approximate surface area is 128 Å². The molecule has 0 fully saturated rings. The molecule has 19 heavy (non-hydrogen) atoms. The van der Waals surface area contributed by atoms with Crippen molar-refractivity contribution in [2.75, 3.05) is 11.9 Å². The maximum Gasteiger partial charge on any atom is 0.255 e. The van der Waals surface area contributed by atoms with Gasteiger partial charge in [-0.1, -0.05) is 11.6 Å². The summed E-state index contributed by atoms with van der Waals surface area (Å²) in [5, 5.41) is 5.57.